The summed E-state index contributed by atoms with van der Waals surface area (Å²) in [5, 5.41) is 3.39. The smallest absolute Gasteiger partial charge is 0.129 e. The van der Waals surface area contributed by atoms with Crippen molar-refractivity contribution in [2.45, 2.75) is 51.6 Å². The number of rotatable bonds is 4. The molecule has 2 unspecified atom stereocenters. The number of pyridine rings is 1. The monoisotopic (exact) mass is 259 g/mol. The van der Waals surface area contributed by atoms with Gasteiger partial charge in [0.05, 0.1) is 0 Å². The van der Waals surface area contributed by atoms with Crippen LogP contribution in [0.4, 0.5) is 5.82 Å². The zero-order valence-corrected chi connectivity index (χ0v) is 11.9. The van der Waals surface area contributed by atoms with E-state index in [1.165, 1.54) is 50.0 Å². The van der Waals surface area contributed by atoms with Crippen LogP contribution >= 0.6 is 0 Å². The van der Waals surface area contributed by atoms with Crippen molar-refractivity contribution in [3.05, 3.63) is 23.9 Å². The van der Waals surface area contributed by atoms with E-state index in [1.807, 2.05) is 6.20 Å². The molecule has 1 saturated carbocycles. The molecule has 3 heteroatoms. The quantitative estimate of drug-likeness (QED) is 0.901. The van der Waals surface area contributed by atoms with Crippen LogP contribution in [0.15, 0.2) is 18.3 Å². The Bertz CT molecular complexity index is 418. The molecule has 0 bridgehead atoms. The molecule has 1 N–H and O–H groups in total. The van der Waals surface area contributed by atoms with Crippen molar-refractivity contribution in [3.63, 3.8) is 0 Å². The number of hydrogen-bond donors (Lipinski definition) is 1. The summed E-state index contributed by atoms with van der Waals surface area (Å²) in [4.78, 5) is 7.19. The highest BCUT2D eigenvalue weighted by molar-refractivity contribution is 5.44. The molecular formula is C16H25N3. The SMILES string of the molecule is CCNCc1ccnc(N2CCC3CCCCC32)c1. The molecule has 2 aliphatic rings. The van der Waals surface area contributed by atoms with Gasteiger partial charge in [-0.25, -0.2) is 4.98 Å². The second kappa shape index (κ2) is 5.91. The molecule has 1 aliphatic carbocycles. The van der Waals surface area contributed by atoms with E-state index < -0.39 is 0 Å². The second-order valence-electron chi connectivity index (χ2n) is 5.90. The summed E-state index contributed by atoms with van der Waals surface area (Å²) in [5.41, 5.74) is 1.35. The molecule has 1 aromatic rings. The normalized spacial score (nSPS) is 26.5. The number of anilines is 1. The van der Waals surface area contributed by atoms with Gasteiger partial charge in [-0.2, -0.15) is 0 Å². The van der Waals surface area contributed by atoms with Crippen molar-refractivity contribution >= 4 is 5.82 Å². The van der Waals surface area contributed by atoms with Crippen molar-refractivity contribution in [1.29, 1.82) is 0 Å². The van der Waals surface area contributed by atoms with Gasteiger partial charge >= 0.3 is 0 Å². The number of nitrogens with one attached hydrogen (secondary N) is 1. The Morgan fingerprint density at radius 3 is 3.11 bits per heavy atom. The number of hydrogen-bond acceptors (Lipinski definition) is 3. The minimum absolute atomic E-state index is 0.760. The lowest BCUT2D eigenvalue weighted by atomic mass is 9.85. The first kappa shape index (κ1) is 12.9. The highest BCUT2D eigenvalue weighted by Gasteiger charge is 2.36. The van der Waals surface area contributed by atoms with E-state index in [2.05, 4.69) is 34.3 Å². The minimum Gasteiger partial charge on any atom is -0.353 e. The van der Waals surface area contributed by atoms with E-state index in [4.69, 9.17) is 0 Å². The van der Waals surface area contributed by atoms with E-state index >= 15 is 0 Å². The van der Waals surface area contributed by atoms with Gasteiger partial charge in [-0.05, 0) is 49.4 Å². The summed E-state index contributed by atoms with van der Waals surface area (Å²) >= 11 is 0. The predicted molar refractivity (Wildman–Crippen MR) is 79.3 cm³/mol. The molecule has 2 fully saturated rings. The summed E-state index contributed by atoms with van der Waals surface area (Å²) in [5.74, 6) is 2.12. The van der Waals surface area contributed by atoms with Gasteiger partial charge < -0.3 is 10.2 Å². The Hall–Kier alpha value is -1.09. The minimum atomic E-state index is 0.760. The lowest BCUT2D eigenvalue weighted by molar-refractivity contribution is 0.341. The van der Waals surface area contributed by atoms with Crippen LogP contribution in [0.1, 0.15) is 44.6 Å². The van der Waals surface area contributed by atoms with Crippen LogP contribution in [0.25, 0.3) is 0 Å². The van der Waals surface area contributed by atoms with E-state index in [1.54, 1.807) is 0 Å². The third-order valence-electron chi connectivity index (χ3n) is 4.69. The Labute approximate surface area is 116 Å². The van der Waals surface area contributed by atoms with Gasteiger partial charge in [0.1, 0.15) is 5.82 Å². The maximum atomic E-state index is 4.62. The fourth-order valence-corrected chi connectivity index (χ4v) is 3.69. The zero-order valence-electron chi connectivity index (χ0n) is 11.9. The lowest BCUT2D eigenvalue weighted by Crippen LogP contribution is -2.35. The second-order valence-corrected chi connectivity index (χ2v) is 5.90. The van der Waals surface area contributed by atoms with Crippen LogP contribution in [0.2, 0.25) is 0 Å². The fraction of sp³-hybridized carbons (Fsp3) is 0.688. The summed E-state index contributed by atoms with van der Waals surface area (Å²) in [6.07, 6.45) is 8.96. The number of aromatic nitrogens is 1. The molecule has 3 nitrogen and oxygen atoms in total. The molecule has 1 saturated heterocycles. The summed E-state index contributed by atoms with van der Waals surface area (Å²) in [6, 6.07) is 5.16. The maximum Gasteiger partial charge on any atom is 0.129 e. The van der Waals surface area contributed by atoms with E-state index in [0.717, 1.165) is 25.0 Å². The fourth-order valence-electron chi connectivity index (χ4n) is 3.69. The summed E-state index contributed by atoms with van der Waals surface area (Å²) in [6.45, 7) is 5.32. The molecule has 1 aromatic heterocycles. The summed E-state index contributed by atoms with van der Waals surface area (Å²) in [7, 11) is 0. The molecule has 3 rings (SSSR count). The van der Waals surface area contributed by atoms with Crippen molar-refractivity contribution in [2.24, 2.45) is 5.92 Å². The molecule has 104 valence electrons. The highest BCUT2D eigenvalue weighted by Crippen LogP contribution is 2.38. The first-order valence-corrected chi connectivity index (χ1v) is 7.81. The zero-order chi connectivity index (χ0) is 13.1. The molecule has 0 amide bonds. The predicted octanol–water partition coefficient (Wildman–Crippen LogP) is 2.96. The van der Waals surface area contributed by atoms with Gasteiger partial charge in [-0.3, -0.25) is 0 Å². The van der Waals surface area contributed by atoms with Crippen LogP contribution in [-0.2, 0) is 6.54 Å². The third kappa shape index (κ3) is 2.76. The molecule has 1 aliphatic heterocycles. The van der Waals surface area contributed by atoms with Crippen LogP contribution in [0, 0.1) is 5.92 Å². The molecule has 19 heavy (non-hydrogen) atoms. The van der Waals surface area contributed by atoms with Crippen molar-refractivity contribution in [2.75, 3.05) is 18.0 Å². The van der Waals surface area contributed by atoms with Gasteiger partial charge in [0.25, 0.3) is 0 Å². The van der Waals surface area contributed by atoms with Crippen LogP contribution in [0.5, 0.6) is 0 Å². The van der Waals surface area contributed by atoms with Gasteiger partial charge in [-0.1, -0.05) is 19.8 Å². The van der Waals surface area contributed by atoms with Crippen LogP contribution in [-0.4, -0.2) is 24.1 Å². The average Bonchev–Trinajstić information content (AvgIpc) is 2.89. The largest absolute Gasteiger partial charge is 0.353 e. The average molecular weight is 259 g/mol. The van der Waals surface area contributed by atoms with Crippen LogP contribution in [0.3, 0.4) is 0 Å². The lowest BCUT2D eigenvalue weighted by Gasteiger charge is -2.32. The molecule has 0 radical (unpaired) electrons. The molecule has 2 atom stereocenters. The standard InChI is InChI=1S/C16H25N3/c1-2-17-12-13-7-9-18-16(11-13)19-10-8-14-5-3-4-6-15(14)19/h7,9,11,14-15,17H,2-6,8,10,12H2,1H3. The van der Waals surface area contributed by atoms with Crippen LogP contribution < -0.4 is 10.2 Å². The van der Waals surface area contributed by atoms with E-state index in [-0.39, 0.29) is 0 Å². The molecule has 0 spiro atoms. The Morgan fingerprint density at radius 1 is 1.32 bits per heavy atom. The topological polar surface area (TPSA) is 28.2 Å². The number of fused-ring (bicyclic) bond motifs is 1. The van der Waals surface area contributed by atoms with Crippen molar-refractivity contribution in [1.82, 2.24) is 10.3 Å². The first-order chi connectivity index (χ1) is 9.38. The Balaban J connectivity index is 1.74. The Kier molecular flexibility index (Phi) is 4.02. The number of nitrogens with zero attached hydrogens (tertiary/aromatic N) is 2. The third-order valence-corrected chi connectivity index (χ3v) is 4.69. The summed E-state index contributed by atoms with van der Waals surface area (Å²) < 4.78 is 0. The van der Waals surface area contributed by atoms with Gasteiger partial charge in [0.2, 0.25) is 0 Å². The molecule has 2 heterocycles. The van der Waals surface area contributed by atoms with E-state index in [9.17, 15) is 0 Å². The van der Waals surface area contributed by atoms with E-state index in [0.29, 0.717) is 0 Å². The maximum absolute atomic E-state index is 4.62. The van der Waals surface area contributed by atoms with Gasteiger partial charge in [0.15, 0.2) is 0 Å². The first-order valence-electron chi connectivity index (χ1n) is 7.81. The highest BCUT2D eigenvalue weighted by atomic mass is 15.2. The molecule has 0 aromatic carbocycles. The van der Waals surface area contributed by atoms with Crippen molar-refractivity contribution in [3.8, 4) is 0 Å². The molecular weight excluding hydrogens is 234 g/mol. The van der Waals surface area contributed by atoms with Gasteiger partial charge in [0, 0.05) is 25.3 Å². The van der Waals surface area contributed by atoms with Crippen molar-refractivity contribution < 1.29 is 0 Å². The Morgan fingerprint density at radius 2 is 2.21 bits per heavy atom. The van der Waals surface area contributed by atoms with Gasteiger partial charge in [-0.15, -0.1) is 0 Å².